The lowest BCUT2D eigenvalue weighted by molar-refractivity contribution is 0.0945. The summed E-state index contributed by atoms with van der Waals surface area (Å²) in [7, 11) is 5.65. The number of pyridine rings is 1. The maximum absolute atomic E-state index is 12.3. The van der Waals surface area contributed by atoms with Crippen molar-refractivity contribution in [2.24, 2.45) is 0 Å². The van der Waals surface area contributed by atoms with Gasteiger partial charge in [0.25, 0.3) is 5.91 Å². The number of amides is 1. The minimum absolute atomic E-state index is 0.211. The van der Waals surface area contributed by atoms with Crippen molar-refractivity contribution in [3.05, 3.63) is 53.9 Å². The van der Waals surface area contributed by atoms with Crippen LogP contribution in [0.2, 0.25) is 0 Å². The number of nitrogens with zero attached hydrogens (tertiary/aromatic N) is 2. The average molecular weight is 328 g/mol. The fourth-order valence-electron chi connectivity index (χ4n) is 2.20. The summed E-state index contributed by atoms with van der Waals surface area (Å²) in [5.74, 6) is 0.544. The van der Waals surface area contributed by atoms with Gasteiger partial charge in [0.2, 0.25) is 0 Å². The van der Waals surface area contributed by atoms with E-state index < -0.39 is 0 Å². The molecule has 6 nitrogen and oxygen atoms in total. The summed E-state index contributed by atoms with van der Waals surface area (Å²) in [6, 6.07) is 11.2. The van der Waals surface area contributed by atoms with Gasteiger partial charge < -0.3 is 20.3 Å². The van der Waals surface area contributed by atoms with Crippen LogP contribution in [0.4, 0.5) is 5.69 Å². The van der Waals surface area contributed by atoms with Crippen LogP contribution in [0, 0.1) is 0 Å². The lowest BCUT2D eigenvalue weighted by Gasteiger charge is -2.12. The molecule has 0 saturated heterocycles. The van der Waals surface area contributed by atoms with E-state index in [1.807, 2.05) is 44.4 Å². The zero-order valence-corrected chi connectivity index (χ0v) is 14.4. The lowest BCUT2D eigenvalue weighted by Crippen LogP contribution is -2.24. The quantitative estimate of drug-likeness (QED) is 0.776. The Morgan fingerprint density at radius 1 is 1.25 bits per heavy atom. The molecule has 0 aliphatic rings. The van der Waals surface area contributed by atoms with Gasteiger partial charge in [-0.3, -0.25) is 9.78 Å². The first-order valence-electron chi connectivity index (χ1n) is 7.85. The molecule has 2 N–H and O–H groups in total. The molecule has 0 aliphatic carbocycles. The minimum Gasteiger partial charge on any atom is -0.496 e. The fourth-order valence-corrected chi connectivity index (χ4v) is 2.20. The number of methoxy groups -OCH3 is 1. The van der Waals surface area contributed by atoms with E-state index in [9.17, 15) is 4.79 Å². The maximum Gasteiger partial charge on any atom is 0.270 e. The standard InChI is InChI=1S/C18H24N4O2/c1-22(2)11-10-19-15-8-9-20-16(12-15)18(23)21-13-14-6-4-5-7-17(14)24-3/h4-9,12H,10-11,13H2,1-3H3,(H,19,20)(H,21,23). The highest BCUT2D eigenvalue weighted by atomic mass is 16.5. The van der Waals surface area contributed by atoms with Crippen LogP contribution in [-0.4, -0.2) is 50.1 Å². The van der Waals surface area contributed by atoms with E-state index in [0.29, 0.717) is 12.2 Å². The van der Waals surface area contributed by atoms with Crippen molar-refractivity contribution >= 4 is 11.6 Å². The summed E-state index contributed by atoms with van der Waals surface area (Å²) in [4.78, 5) is 18.5. The summed E-state index contributed by atoms with van der Waals surface area (Å²) in [5.41, 5.74) is 2.20. The molecule has 2 rings (SSSR count). The topological polar surface area (TPSA) is 66.5 Å². The van der Waals surface area contributed by atoms with E-state index in [2.05, 4.69) is 20.5 Å². The van der Waals surface area contributed by atoms with Crippen LogP contribution < -0.4 is 15.4 Å². The molecular weight excluding hydrogens is 304 g/mol. The lowest BCUT2D eigenvalue weighted by atomic mass is 10.2. The number of anilines is 1. The van der Waals surface area contributed by atoms with Crippen LogP contribution in [0.5, 0.6) is 5.75 Å². The third-order valence-corrected chi connectivity index (χ3v) is 3.51. The monoisotopic (exact) mass is 328 g/mol. The van der Waals surface area contributed by atoms with Gasteiger partial charge >= 0.3 is 0 Å². The molecule has 1 heterocycles. The van der Waals surface area contributed by atoms with E-state index in [4.69, 9.17) is 4.74 Å². The van der Waals surface area contributed by atoms with E-state index in [-0.39, 0.29) is 5.91 Å². The predicted molar refractivity (Wildman–Crippen MR) is 95.4 cm³/mol. The van der Waals surface area contributed by atoms with Crippen LogP contribution >= 0.6 is 0 Å². The van der Waals surface area contributed by atoms with Gasteiger partial charge in [0.05, 0.1) is 7.11 Å². The molecule has 0 radical (unpaired) electrons. The van der Waals surface area contributed by atoms with Crippen molar-refractivity contribution < 1.29 is 9.53 Å². The molecule has 24 heavy (non-hydrogen) atoms. The van der Waals surface area contributed by atoms with Gasteiger partial charge in [0.15, 0.2) is 0 Å². The number of ether oxygens (including phenoxy) is 1. The van der Waals surface area contributed by atoms with Gasteiger partial charge in [-0.25, -0.2) is 0 Å². The van der Waals surface area contributed by atoms with Crippen LogP contribution in [0.3, 0.4) is 0 Å². The first-order valence-corrected chi connectivity index (χ1v) is 7.85. The van der Waals surface area contributed by atoms with E-state index in [1.54, 1.807) is 19.4 Å². The SMILES string of the molecule is COc1ccccc1CNC(=O)c1cc(NCCN(C)C)ccn1. The molecular formula is C18H24N4O2. The second kappa shape index (κ2) is 8.88. The van der Waals surface area contributed by atoms with Crippen molar-refractivity contribution in [2.45, 2.75) is 6.54 Å². The second-order valence-electron chi connectivity index (χ2n) is 5.65. The summed E-state index contributed by atoms with van der Waals surface area (Å²) >= 11 is 0. The molecule has 1 amide bonds. The maximum atomic E-state index is 12.3. The Morgan fingerprint density at radius 2 is 2.04 bits per heavy atom. The highest BCUT2D eigenvalue weighted by Gasteiger charge is 2.09. The Morgan fingerprint density at radius 3 is 2.79 bits per heavy atom. The summed E-state index contributed by atoms with van der Waals surface area (Å²) in [6.45, 7) is 2.11. The Hall–Kier alpha value is -2.60. The van der Waals surface area contributed by atoms with Gasteiger partial charge in [-0.2, -0.15) is 0 Å². The molecule has 0 bridgehead atoms. The van der Waals surface area contributed by atoms with Gasteiger partial charge in [0, 0.05) is 37.1 Å². The molecule has 2 aromatic rings. The molecule has 0 saturated carbocycles. The first kappa shape index (κ1) is 17.7. The Labute approximate surface area is 142 Å². The Kier molecular flexibility index (Phi) is 6.57. The fraction of sp³-hybridized carbons (Fsp3) is 0.333. The number of aromatic nitrogens is 1. The smallest absolute Gasteiger partial charge is 0.270 e. The highest BCUT2D eigenvalue weighted by molar-refractivity contribution is 5.93. The van der Waals surface area contributed by atoms with Crippen molar-refractivity contribution in [3.8, 4) is 5.75 Å². The third-order valence-electron chi connectivity index (χ3n) is 3.51. The second-order valence-corrected chi connectivity index (χ2v) is 5.65. The Balaban J connectivity index is 1.94. The van der Waals surface area contributed by atoms with Gasteiger partial charge in [-0.1, -0.05) is 18.2 Å². The normalized spacial score (nSPS) is 10.5. The van der Waals surface area contributed by atoms with Crippen LogP contribution in [0.15, 0.2) is 42.6 Å². The number of rotatable bonds is 8. The first-order chi connectivity index (χ1) is 11.6. The van der Waals surface area contributed by atoms with Gasteiger partial charge in [0.1, 0.15) is 11.4 Å². The zero-order valence-electron chi connectivity index (χ0n) is 14.4. The third kappa shape index (κ3) is 5.24. The summed E-state index contributed by atoms with van der Waals surface area (Å²) in [5, 5.41) is 6.16. The molecule has 0 aliphatic heterocycles. The number of benzene rings is 1. The number of hydrogen-bond donors (Lipinski definition) is 2. The number of hydrogen-bond acceptors (Lipinski definition) is 5. The van der Waals surface area contributed by atoms with E-state index >= 15 is 0 Å². The van der Waals surface area contributed by atoms with Gasteiger partial charge in [-0.05, 0) is 32.3 Å². The number of carbonyl (C=O) groups is 1. The molecule has 1 aromatic heterocycles. The van der Waals surface area contributed by atoms with E-state index in [0.717, 1.165) is 30.1 Å². The predicted octanol–water partition coefficient (Wildman–Crippen LogP) is 1.99. The van der Waals surface area contributed by atoms with Crippen LogP contribution in [0.1, 0.15) is 16.1 Å². The van der Waals surface area contributed by atoms with E-state index in [1.165, 1.54) is 0 Å². The van der Waals surface area contributed by atoms with Crippen molar-refractivity contribution in [3.63, 3.8) is 0 Å². The summed E-state index contributed by atoms with van der Waals surface area (Å²) in [6.07, 6.45) is 1.63. The molecule has 0 atom stereocenters. The van der Waals surface area contributed by atoms with Crippen molar-refractivity contribution in [1.82, 2.24) is 15.2 Å². The Bertz CT molecular complexity index is 674. The summed E-state index contributed by atoms with van der Waals surface area (Å²) < 4.78 is 5.29. The molecule has 128 valence electrons. The van der Waals surface area contributed by atoms with Crippen LogP contribution in [-0.2, 0) is 6.54 Å². The zero-order chi connectivity index (χ0) is 17.4. The molecule has 0 unspecified atom stereocenters. The average Bonchev–Trinajstić information content (AvgIpc) is 2.60. The number of nitrogens with one attached hydrogen (secondary N) is 2. The molecule has 1 aromatic carbocycles. The largest absolute Gasteiger partial charge is 0.496 e. The minimum atomic E-state index is -0.211. The highest BCUT2D eigenvalue weighted by Crippen LogP contribution is 2.17. The van der Waals surface area contributed by atoms with Crippen LogP contribution in [0.25, 0.3) is 0 Å². The molecule has 6 heteroatoms. The van der Waals surface area contributed by atoms with Crippen molar-refractivity contribution in [2.75, 3.05) is 39.6 Å². The molecule has 0 spiro atoms. The number of carbonyl (C=O) groups excluding carboxylic acids is 1. The van der Waals surface area contributed by atoms with Gasteiger partial charge in [-0.15, -0.1) is 0 Å². The number of likely N-dealkylation sites (N-methyl/N-ethyl adjacent to an activating group) is 1. The van der Waals surface area contributed by atoms with Crippen molar-refractivity contribution in [1.29, 1.82) is 0 Å². The number of para-hydroxylation sites is 1. The molecule has 0 fully saturated rings.